The molecule has 2 heterocycles. The molecule has 1 aliphatic heterocycles. The average molecular weight is 423 g/mol. The Balaban J connectivity index is 1.64. The molecule has 1 aliphatic rings. The van der Waals surface area contributed by atoms with Gasteiger partial charge in [-0.1, -0.05) is 35.9 Å². The fraction of sp³-hybridized carbons (Fsp3) is 0.333. The summed E-state index contributed by atoms with van der Waals surface area (Å²) in [5.41, 5.74) is 5.33. The monoisotopic (exact) mass is 422 g/mol. The number of carbonyl (C=O) groups is 1. The molecule has 1 N–H and O–H groups in total. The van der Waals surface area contributed by atoms with Gasteiger partial charge in [-0.15, -0.1) is 0 Å². The van der Waals surface area contributed by atoms with E-state index in [9.17, 15) is 4.79 Å². The van der Waals surface area contributed by atoms with Crippen molar-refractivity contribution in [1.29, 1.82) is 0 Å². The van der Waals surface area contributed by atoms with Crippen LogP contribution in [0.5, 0.6) is 0 Å². The Morgan fingerprint density at radius 1 is 1.07 bits per heavy atom. The fourth-order valence-electron chi connectivity index (χ4n) is 3.82. The number of aromatic nitrogens is 2. The number of nitrogens with zero attached hydrogens (tertiary/aromatic N) is 3. The molecule has 0 radical (unpaired) electrons. The molecule has 156 valence electrons. The van der Waals surface area contributed by atoms with Crippen LogP contribution < -0.4 is 5.32 Å². The average Bonchev–Trinajstić information content (AvgIpc) is 3.40. The SMILES string of the molecule is Cc1ccc(-c2cc(C(=O)NCCN3CCCC3)n(-c3ccccc3Cl)n2)cc1C. The van der Waals surface area contributed by atoms with Crippen molar-refractivity contribution < 1.29 is 4.79 Å². The quantitative estimate of drug-likeness (QED) is 0.629. The second-order valence-corrected chi connectivity index (χ2v) is 8.29. The summed E-state index contributed by atoms with van der Waals surface area (Å²) in [5, 5.41) is 8.36. The van der Waals surface area contributed by atoms with Crippen molar-refractivity contribution in [2.75, 3.05) is 26.2 Å². The van der Waals surface area contributed by atoms with Crippen molar-refractivity contribution >= 4 is 17.5 Å². The first-order chi connectivity index (χ1) is 14.5. The normalized spacial score (nSPS) is 14.2. The van der Waals surface area contributed by atoms with Gasteiger partial charge in [0.25, 0.3) is 5.91 Å². The summed E-state index contributed by atoms with van der Waals surface area (Å²) in [7, 11) is 0. The molecule has 1 aromatic heterocycles. The molecule has 0 atom stereocenters. The van der Waals surface area contributed by atoms with Crippen molar-refractivity contribution in [3.05, 3.63) is 70.4 Å². The number of halogens is 1. The van der Waals surface area contributed by atoms with Gasteiger partial charge in [-0.25, -0.2) is 4.68 Å². The summed E-state index contributed by atoms with van der Waals surface area (Å²) in [6, 6.07) is 15.5. The topological polar surface area (TPSA) is 50.2 Å². The number of nitrogens with one attached hydrogen (secondary N) is 1. The van der Waals surface area contributed by atoms with Gasteiger partial charge in [0.15, 0.2) is 0 Å². The molecule has 0 saturated carbocycles. The van der Waals surface area contributed by atoms with Crippen LogP contribution in [0, 0.1) is 13.8 Å². The number of likely N-dealkylation sites (tertiary alicyclic amines) is 1. The van der Waals surface area contributed by atoms with E-state index in [1.807, 2.05) is 36.4 Å². The predicted molar refractivity (Wildman–Crippen MR) is 121 cm³/mol. The number of rotatable bonds is 6. The van der Waals surface area contributed by atoms with Gasteiger partial charge in [-0.3, -0.25) is 4.79 Å². The number of aryl methyl sites for hydroxylation is 2. The summed E-state index contributed by atoms with van der Waals surface area (Å²) >= 11 is 6.43. The molecule has 0 bridgehead atoms. The zero-order valence-corrected chi connectivity index (χ0v) is 18.2. The number of amides is 1. The molecule has 0 aliphatic carbocycles. The highest BCUT2D eigenvalue weighted by atomic mass is 35.5. The molecule has 4 rings (SSSR count). The highest BCUT2D eigenvalue weighted by Gasteiger charge is 2.19. The van der Waals surface area contributed by atoms with Crippen molar-refractivity contribution in [3.8, 4) is 16.9 Å². The Morgan fingerprint density at radius 2 is 1.83 bits per heavy atom. The minimum absolute atomic E-state index is 0.142. The van der Waals surface area contributed by atoms with Gasteiger partial charge in [-0.05, 0) is 75.2 Å². The van der Waals surface area contributed by atoms with E-state index in [0.717, 1.165) is 30.9 Å². The first kappa shape index (κ1) is 20.6. The first-order valence-corrected chi connectivity index (χ1v) is 10.8. The van der Waals surface area contributed by atoms with Crippen LogP contribution in [0.1, 0.15) is 34.5 Å². The molecule has 30 heavy (non-hydrogen) atoms. The summed E-state index contributed by atoms with van der Waals surface area (Å²) < 4.78 is 1.65. The van der Waals surface area contributed by atoms with Crippen LogP contribution in [0.2, 0.25) is 5.02 Å². The van der Waals surface area contributed by atoms with Gasteiger partial charge < -0.3 is 10.2 Å². The molecular formula is C24H27ClN4O. The third kappa shape index (κ3) is 4.42. The van der Waals surface area contributed by atoms with Crippen molar-refractivity contribution in [1.82, 2.24) is 20.0 Å². The van der Waals surface area contributed by atoms with Crippen LogP contribution in [0.25, 0.3) is 16.9 Å². The Labute approximate surface area is 182 Å². The zero-order valence-electron chi connectivity index (χ0n) is 17.5. The van der Waals surface area contributed by atoms with E-state index in [1.165, 1.54) is 24.0 Å². The van der Waals surface area contributed by atoms with E-state index in [-0.39, 0.29) is 5.91 Å². The molecule has 0 spiro atoms. The van der Waals surface area contributed by atoms with Crippen molar-refractivity contribution in [2.45, 2.75) is 26.7 Å². The van der Waals surface area contributed by atoms with E-state index in [2.05, 4.69) is 36.2 Å². The minimum Gasteiger partial charge on any atom is -0.349 e. The third-order valence-electron chi connectivity index (χ3n) is 5.74. The van der Waals surface area contributed by atoms with Gasteiger partial charge in [0, 0.05) is 18.7 Å². The van der Waals surface area contributed by atoms with Crippen LogP contribution >= 0.6 is 11.6 Å². The highest BCUT2D eigenvalue weighted by molar-refractivity contribution is 6.32. The predicted octanol–water partition coefficient (Wildman–Crippen LogP) is 4.64. The number of benzene rings is 2. The summed E-state index contributed by atoms with van der Waals surface area (Å²) in [5.74, 6) is -0.142. The summed E-state index contributed by atoms with van der Waals surface area (Å²) in [4.78, 5) is 15.4. The van der Waals surface area contributed by atoms with Crippen molar-refractivity contribution in [2.24, 2.45) is 0 Å². The molecule has 6 heteroatoms. The maximum Gasteiger partial charge on any atom is 0.270 e. The molecular weight excluding hydrogens is 396 g/mol. The highest BCUT2D eigenvalue weighted by Crippen LogP contribution is 2.26. The lowest BCUT2D eigenvalue weighted by molar-refractivity contribution is 0.0942. The van der Waals surface area contributed by atoms with Gasteiger partial charge in [0.1, 0.15) is 5.69 Å². The molecule has 2 aromatic carbocycles. The van der Waals surface area contributed by atoms with E-state index >= 15 is 0 Å². The van der Waals surface area contributed by atoms with Gasteiger partial charge in [-0.2, -0.15) is 5.10 Å². The van der Waals surface area contributed by atoms with Gasteiger partial charge in [0.2, 0.25) is 0 Å². The minimum atomic E-state index is -0.142. The van der Waals surface area contributed by atoms with E-state index in [0.29, 0.717) is 22.9 Å². The van der Waals surface area contributed by atoms with Crippen LogP contribution in [-0.2, 0) is 0 Å². The Morgan fingerprint density at radius 3 is 2.57 bits per heavy atom. The van der Waals surface area contributed by atoms with Gasteiger partial charge in [0.05, 0.1) is 16.4 Å². The van der Waals surface area contributed by atoms with Crippen LogP contribution in [0.3, 0.4) is 0 Å². The van der Waals surface area contributed by atoms with E-state index in [1.54, 1.807) is 4.68 Å². The van der Waals surface area contributed by atoms with E-state index < -0.39 is 0 Å². The van der Waals surface area contributed by atoms with E-state index in [4.69, 9.17) is 16.7 Å². The summed E-state index contributed by atoms with van der Waals surface area (Å²) in [6.07, 6.45) is 2.49. The third-order valence-corrected chi connectivity index (χ3v) is 6.06. The molecule has 1 saturated heterocycles. The molecule has 1 fully saturated rings. The zero-order chi connectivity index (χ0) is 21.1. The van der Waals surface area contributed by atoms with Crippen LogP contribution in [0.15, 0.2) is 48.5 Å². The second-order valence-electron chi connectivity index (χ2n) is 7.88. The molecule has 0 unspecified atom stereocenters. The molecule has 3 aromatic rings. The maximum absolute atomic E-state index is 13.1. The Kier molecular flexibility index (Phi) is 6.21. The second kappa shape index (κ2) is 9.02. The van der Waals surface area contributed by atoms with Crippen LogP contribution in [0.4, 0.5) is 0 Å². The lowest BCUT2D eigenvalue weighted by atomic mass is 10.0. The largest absolute Gasteiger partial charge is 0.349 e. The Bertz CT molecular complexity index is 1050. The number of hydrogen-bond acceptors (Lipinski definition) is 3. The first-order valence-electron chi connectivity index (χ1n) is 10.5. The number of para-hydroxylation sites is 1. The van der Waals surface area contributed by atoms with Crippen molar-refractivity contribution in [3.63, 3.8) is 0 Å². The molecule has 5 nitrogen and oxygen atoms in total. The fourth-order valence-corrected chi connectivity index (χ4v) is 4.03. The smallest absolute Gasteiger partial charge is 0.270 e. The Hall–Kier alpha value is -2.63. The lowest BCUT2D eigenvalue weighted by Gasteiger charge is -2.15. The lowest BCUT2D eigenvalue weighted by Crippen LogP contribution is -2.34. The maximum atomic E-state index is 13.1. The van der Waals surface area contributed by atoms with Crippen LogP contribution in [-0.4, -0.2) is 46.8 Å². The number of carbonyl (C=O) groups excluding carboxylic acids is 1. The standard InChI is InChI=1S/C24H27ClN4O/c1-17-9-10-19(15-18(17)2)21-16-23(24(30)26-11-14-28-12-5-6-13-28)29(27-21)22-8-4-3-7-20(22)25/h3-4,7-10,15-16H,5-6,11-14H2,1-2H3,(H,26,30). The summed E-state index contributed by atoms with van der Waals surface area (Å²) in [6.45, 7) is 7.88. The number of hydrogen-bond donors (Lipinski definition) is 1. The van der Waals surface area contributed by atoms with Gasteiger partial charge >= 0.3 is 0 Å². The molecule has 1 amide bonds.